The standard InChI is InChI=1S/C29H37NO5/c1-29(2,3)35-28(32)30-18-17-26(31)25(30)20-33-23-15-13-22(14-16-23)24-11-7-8-12-27(24)34-19-21-9-5-4-6-10-21/h4-12,22-23,25H,13-20H2,1-3H3/t22-,23+,25?. The Labute approximate surface area is 208 Å². The molecule has 1 atom stereocenters. The Kier molecular flexibility index (Phi) is 8.11. The first kappa shape index (κ1) is 25.2. The van der Waals surface area contributed by atoms with E-state index in [2.05, 4.69) is 30.3 Å². The smallest absolute Gasteiger partial charge is 0.410 e. The SMILES string of the molecule is CC(C)(C)OC(=O)N1CCC(=O)C1CO[C@H]1CC[C@@H](c2ccccc2OCc2ccccc2)CC1. The molecule has 35 heavy (non-hydrogen) atoms. The highest BCUT2D eigenvalue weighted by molar-refractivity contribution is 5.90. The van der Waals surface area contributed by atoms with E-state index in [0.29, 0.717) is 25.5 Å². The molecule has 1 heterocycles. The molecule has 6 nitrogen and oxygen atoms in total. The molecule has 4 rings (SSSR count). The lowest BCUT2D eigenvalue weighted by Gasteiger charge is -2.32. The van der Waals surface area contributed by atoms with E-state index in [-0.39, 0.29) is 18.5 Å². The number of Topliss-reactive ketones (excluding diaryl/α,β-unsaturated/α-hetero) is 1. The third kappa shape index (κ3) is 6.85. The van der Waals surface area contributed by atoms with Crippen molar-refractivity contribution in [3.05, 3.63) is 65.7 Å². The van der Waals surface area contributed by atoms with E-state index < -0.39 is 17.7 Å². The average Bonchev–Trinajstić information content (AvgIpc) is 3.22. The maximum Gasteiger partial charge on any atom is 0.410 e. The summed E-state index contributed by atoms with van der Waals surface area (Å²) in [5.41, 5.74) is 1.82. The highest BCUT2D eigenvalue weighted by atomic mass is 16.6. The van der Waals surface area contributed by atoms with E-state index in [1.165, 1.54) is 10.5 Å². The fraction of sp³-hybridized carbons (Fsp3) is 0.517. The van der Waals surface area contributed by atoms with Crippen LogP contribution in [0.3, 0.4) is 0 Å². The average molecular weight is 480 g/mol. The molecule has 1 amide bonds. The van der Waals surface area contributed by atoms with Gasteiger partial charge in [0.15, 0.2) is 5.78 Å². The fourth-order valence-electron chi connectivity index (χ4n) is 4.90. The van der Waals surface area contributed by atoms with Crippen LogP contribution in [-0.4, -0.2) is 47.7 Å². The second-order valence-electron chi connectivity index (χ2n) is 10.5. The second kappa shape index (κ2) is 11.3. The molecule has 1 aliphatic carbocycles. The number of likely N-dealkylation sites (tertiary alicyclic amines) is 1. The summed E-state index contributed by atoms with van der Waals surface area (Å²) in [5, 5.41) is 0. The van der Waals surface area contributed by atoms with Gasteiger partial charge in [0.05, 0.1) is 12.7 Å². The number of carbonyl (C=O) groups excluding carboxylic acids is 2. The lowest BCUT2D eigenvalue weighted by molar-refractivity contribution is -0.122. The Hall–Kier alpha value is -2.86. The number of rotatable bonds is 7. The zero-order chi connectivity index (χ0) is 24.8. The van der Waals surface area contributed by atoms with Gasteiger partial charge in [-0.3, -0.25) is 9.69 Å². The van der Waals surface area contributed by atoms with Crippen molar-refractivity contribution < 1.29 is 23.8 Å². The van der Waals surface area contributed by atoms with E-state index in [1.807, 2.05) is 45.0 Å². The van der Waals surface area contributed by atoms with Gasteiger partial charge in [-0.2, -0.15) is 0 Å². The van der Waals surface area contributed by atoms with Crippen LogP contribution in [0.2, 0.25) is 0 Å². The minimum Gasteiger partial charge on any atom is -0.489 e. The summed E-state index contributed by atoms with van der Waals surface area (Å²) in [4.78, 5) is 26.5. The lowest BCUT2D eigenvalue weighted by atomic mass is 9.82. The van der Waals surface area contributed by atoms with Crippen LogP contribution in [0, 0.1) is 0 Å². The Bertz CT molecular complexity index is 992. The molecule has 1 aliphatic heterocycles. The molecule has 0 spiro atoms. The number of hydrogen-bond donors (Lipinski definition) is 0. The first-order valence-electron chi connectivity index (χ1n) is 12.7. The van der Waals surface area contributed by atoms with E-state index in [9.17, 15) is 9.59 Å². The third-order valence-electron chi connectivity index (χ3n) is 6.74. The topological polar surface area (TPSA) is 65.1 Å². The molecule has 1 unspecified atom stereocenters. The maximum absolute atomic E-state index is 12.5. The molecule has 0 aromatic heterocycles. The minimum absolute atomic E-state index is 0.0500. The van der Waals surface area contributed by atoms with Gasteiger partial charge in [-0.15, -0.1) is 0 Å². The summed E-state index contributed by atoms with van der Waals surface area (Å²) < 4.78 is 17.8. The predicted molar refractivity (Wildman–Crippen MR) is 135 cm³/mol. The zero-order valence-corrected chi connectivity index (χ0v) is 21.1. The highest BCUT2D eigenvalue weighted by Gasteiger charge is 2.39. The van der Waals surface area contributed by atoms with Crippen LogP contribution in [-0.2, 0) is 20.9 Å². The number of para-hydroxylation sites is 1. The molecular formula is C29H37NO5. The first-order chi connectivity index (χ1) is 16.8. The molecule has 0 radical (unpaired) electrons. The van der Waals surface area contributed by atoms with Crippen molar-refractivity contribution in [3.8, 4) is 5.75 Å². The van der Waals surface area contributed by atoms with Gasteiger partial charge in [-0.05, 0) is 69.6 Å². The number of amides is 1. The van der Waals surface area contributed by atoms with Gasteiger partial charge in [0.25, 0.3) is 0 Å². The lowest BCUT2D eigenvalue weighted by Crippen LogP contribution is -2.44. The number of benzene rings is 2. The predicted octanol–water partition coefficient (Wildman–Crippen LogP) is 5.89. The summed E-state index contributed by atoms with van der Waals surface area (Å²) in [6.07, 6.45) is 3.87. The van der Waals surface area contributed by atoms with Crippen LogP contribution in [0.15, 0.2) is 54.6 Å². The quantitative estimate of drug-likeness (QED) is 0.496. The van der Waals surface area contributed by atoms with Crippen LogP contribution in [0.1, 0.15) is 69.9 Å². The molecule has 1 saturated carbocycles. The zero-order valence-electron chi connectivity index (χ0n) is 21.1. The largest absolute Gasteiger partial charge is 0.489 e. The van der Waals surface area contributed by atoms with Crippen molar-refractivity contribution in [2.24, 2.45) is 0 Å². The molecule has 6 heteroatoms. The highest BCUT2D eigenvalue weighted by Crippen LogP contribution is 2.38. The third-order valence-corrected chi connectivity index (χ3v) is 6.74. The second-order valence-corrected chi connectivity index (χ2v) is 10.5. The van der Waals surface area contributed by atoms with Gasteiger partial charge in [0.2, 0.25) is 0 Å². The van der Waals surface area contributed by atoms with Gasteiger partial charge in [-0.25, -0.2) is 4.79 Å². The molecule has 0 bridgehead atoms. The molecule has 2 aliphatic rings. The summed E-state index contributed by atoms with van der Waals surface area (Å²) in [6.45, 7) is 6.69. The van der Waals surface area contributed by atoms with Crippen molar-refractivity contribution in [1.82, 2.24) is 4.90 Å². The molecular weight excluding hydrogens is 442 g/mol. The summed E-state index contributed by atoms with van der Waals surface area (Å²) in [5.74, 6) is 1.42. The van der Waals surface area contributed by atoms with Crippen LogP contribution in [0.5, 0.6) is 5.75 Å². The van der Waals surface area contributed by atoms with E-state index >= 15 is 0 Å². The number of ketones is 1. The van der Waals surface area contributed by atoms with Gasteiger partial charge in [0, 0.05) is 13.0 Å². The van der Waals surface area contributed by atoms with Gasteiger partial charge in [-0.1, -0.05) is 48.5 Å². The van der Waals surface area contributed by atoms with E-state index in [4.69, 9.17) is 14.2 Å². The number of nitrogens with zero attached hydrogens (tertiary/aromatic N) is 1. The van der Waals surface area contributed by atoms with Crippen molar-refractivity contribution in [2.75, 3.05) is 13.2 Å². The normalized spacial score (nSPS) is 22.8. The Morgan fingerprint density at radius 1 is 0.971 bits per heavy atom. The van der Waals surface area contributed by atoms with Gasteiger partial charge < -0.3 is 14.2 Å². The molecule has 2 aromatic carbocycles. The van der Waals surface area contributed by atoms with Crippen LogP contribution in [0.4, 0.5) is 4.79 Å². The Morgan fingerprint density at radius 3 is 2.37 bits per heavy atom. The van der Waals surface area contributed by atoms with Crippen LogP contribution >= 0.6 is 0 Å². The maximum atomic E-state index is 12.5. The van der Waals surface area contributed by atoms with Crippen LogP contribution < -0.4 is 4.74 Å². The monoisotopic (exact) mass is 479 g/mol. The van der Waals surface area contributed by atoms with Crippen molar-refractivity contribution >= 4 is 11.9 Å². The van der Waals surface area contributed by atoms with E-state index in [1.54, 1.807) is 0 Å². The van der Waals surface area contributed by atoms with Crippen molar-refractivity contribution in [1.29, 1.82) is 0 Å². The molecule has 0 N–H and O–H groups in total. The molecule has 2 aromatic rings. The van der Waals surface area contributed by atoms with Crippen molar-refractivity contribution in [3.63, 3.8) is 0 Å². The minimum atomic E-state index is -0.590. The number of hydrogen-bond acceptors (Lipinski definition) is 5. The Morgan fingerprint density at radius 2 is 1.66 bits per heavy atom. The fourth-order valence-corrected chi connectivity index (χ4v) is 4.90. The summed E-state index contributed by atoms with van der Waals surface area (Å²) >= 11 is 0. The number of carbonyl (C=O) groups is 2. The van der Waals surface area contributed by atoms with E-state index in [0.717, 1.165) is 37.0 Å². The van der Waals surface area contributed by atoms with Gasteiger partial charge >= 0.3 is 6.09 Å². The number of ether oxygens (including phenoxy) is 3. The summed E-state index contributed by atoms with van der Waals surface area (Å²) in [7, 11) is 0. The molecule has 2 fully saturated rings. The molecule has 188 valence electrons. The van der Waals surface area contributed by atoms with Gasteiger partial charge in [0.1, 0.15) is 24.0 Å². The first-order valence-corrected chi connectivity index (χ1v) is 12.7. The molecule has 1 saturated heterocycles. The summed E-state index contributed by atoms with van der Waals surface area (Å²) in [6, 6.07) is 18.0. The Balaban J connectivity index is 1.28. The van der Waals surface area contributed by atoms with Crippen LogP contribution in [0.25, 0.3) is 0 Å². The van der Waals surface area contributed by atoms with Crippen molar-refractivity contribution in [2.45, 2.75) is 83.1 Å².